The molecule has 5 N–H and O–H groups in total. The largest absolute Gasteiger partial charge is 0.491 e. The second-order valence-corrected chi connectivity index (χ2v) is 6.43. The smallest absolute Gasteiger partial charge is 0.344 e. The molecule has 0 radical (unpaired) electrons. The molecule has 0 spiro atoms. The fraction of sp³-hybridized carbons (Fsp3) is 0.462. The Kier molecular flexibility index (Phi) is 5.66. The van der Waals surface area contributed by atoms with Crippen LogP contribution in [0.15, 0.2) is 22.6 Å². The van der Waals surface area contributed by atoms with E-state index in [1.807, 2.05) is 13.8 Å². The molecule has 0 saturated heterocycles. The molecule has 1 heterocycles. The van der Waals surface area contributed by atoms with Crippen molar-refractivity contribution in [2.45, 2.75) is 32.2 Å². The highest BCUT2D eigenvalue weighted by atomic mass is 35.5. The molecule has 0 amide bonds. The third-order valence-electron chi connectivity index (χ3n) is 3.66. The zero-order valence-electron chi connectivity index (χ0n) is 12.5. The van der Waals surface area contributed by atoms with Gasteiger partial charge in [-0.25, -0.2) is 0 Å². The first-order chi connectivity index (χ1) is 9.80. The summed E-state index contributed by atoms with van der Waals surface area (Å²) in [5.41, 5.74) is 12.3. The SMILES string of the molecule is CCC(N)(CC)COc1cccc2c1C(N)=NS(=O)(=O)N2.Cl. The molecule has 0 aliphatic carbocycles. The minimum atomic E-state index is -3.78. The van der Waals surface area contributed by atoms with E-state index in [0.29, 0.717) is 23.6 Å². The maximum absolute atomic E-state index is 11.5. The number of nitrogens with two attached hydrogens (primary N) is 2. The third kappa shape index (κ3) is 3.82. The first kappa shape index (κ1) is 18.5. The first-order valence-electron chi connectivity index (χ1n) is 6.73. The molecule has 7 nitrogen and oxygen atoms in total. The molecule has 0 saturated carbocycles. The van der Waals surface area contributed by atoms with E-state index in [1.54, 1.807) is 18.2 Å². The zero-order valence-corrected chi connectivity index (χ0v) is 14.1. The average Bonchev–Trinajstić information content (AvgIpc) is 2.43. The van der Waals surface area contributed by atoms with Crippen molar-refractivity contribution in [3.05, 3.63) is 23.8 Å². The molecule has 0 bridgehead atoms. The number of hydrogen-bond acceptors (Lipinski definition) is 5. The monoisotopic (exact) mass is 348 g/mol. The van der Waals surface area contributed by atoms with Crippen LogP contribution < -0.4 is 20.9 Å². The standard InChI is InChI=1S/C13H20N4O3S.ClH/c1-3-13(15,4-2)8-20-10-7-5-6-9-11(10)12(14)17-21(18,19)16-9;/h5-7,16H,3-4,8,15H2,1-2H3,(H2,14,17);1H. The molecule has 22 heavy (non-hydrogen) atoms. The highest BCUT2D eigenvalue weighted by Crippen LogP contribution is 2.31. The molecular weight excluding hydrogens is 328 g/mol. The first-order valence-corrected chi connectivity index (χ1v) is 8.17. The summed E-state index contributed by atoms with van der Waals surface area (Å²) in [4.78, 5) is 0. The summed E-state index contributed by atoms with van der Waals surface area (Å²) in [6.45, 7) is 4.31. The molecule has 1 aliphatic heterocycles. The van der Waals surface area contributed by atoms with Gasteiger partial charge < -0.3 is 16.2 Å². The molecule has 0 unspecified atom stereocenters. The van der Waals surface area contributed by atoms with Gasteiger partial charge >= 0.3 is 10.2 Å². The van der Waals surface area contributed by atoms with E-state index >= 15 is 0 Å². The second kappa shape index (κ2) is 6.72. The molecule has 1 aliphatic rings. The van der Waals surface area contributed by atoms with Crippen molar-refractivity contribution in [3.63, 3.8) is 0 Å². The van der Waals surface area contributed by atoms with E-state index in [0.717, 1.165) is 12.8 Å². The summed E-state index contributed by atoms with van der Waals surface area (Å²) < 4.78 is 34.6. The van der Waals surface area contributed by atoms with Crippen molar-refractivity contribution >= 4 is 34.1 Å². The Balaban J connectivity index is 0.00000242. The number of benzene rings is 1. The van der Waals surface area contributed by atoms with Gasteiger partial charge in [-0.2, -0.15) is 8.42 Å². The summed E-state index contributed by atoms with van der Waals surface area (Å²) in [5, 5.41) is 0. The van der Waals surface area contributed by atoms with Crippen LogP contribution >= 0.6 is 12.4 Å². The lowest BCUT2D eigenvalue weighted by atomic mass is 9.95. The second-order valence-electron chi connectivity index (χ2n) is 5.09. The van der Waals surface area contributed by atoms with Crippen LogP contribution in [0.1, 0.15) is 32.3 Å². The van der Waals surface area contributed by atoms with E-state index in [4.69, 9.17) is 16.2 Å². The molecule has 0 aromatic heterocycles. The number of anilines is 1. The van der Waals surface area contributed by atoms with Gasteiger partial charge in [-0.15, -0.1) is 16.8 Å². The number of hydrogen-bond donors (Lipinski definition) is 3. The Bertz CT molecular complexity index is 672. The fourth-order valence-electron chi connectivity index (χ4n) is 2.01. The van der Waals surface area contributed by atoms with Crippen LogP contribution in [-0.2, 0) is 10.2 Å². The Morgan fingerprint density at radius 2 is 1.95 bits per heavy atom. The summed E-state index contributed by atoms with van der Waals surface area (Å²) in [6, 6.07) is 5.01. The number of rotatable bonds is 5. The average molecular weight is 349 g/mol. The molecule has 9 heteroatoms. The van der Waals surface area contributed by atoms with Gasteiger partial charge in [-0.05, 0) is 25.0 Å². The van der Waals surface area contributed by atoms with Gasteiger partial charge in [0.2, 0.25) is 0 Å². The summed E-state index contributed by atoms with van der Waals surface area (Å²) in [5.74, 6) is 0.378. The molecule has 124 valence electrons. The highest BCUT2D eigenvalue weighted by Gasteiger charge is 2.26. The summed E-state index contributed by atoms with van der Waals surface area (Å²) >= 11 is 0. The van der Waals surface area contributed by atoms with Crippen molar-refractivity contribution in [1.82, 2.24) is 0 Å². The van der Waals surface area contributed by atoms with E-state index in [-0.39, 0.29) is 18.2 Å². The summed E-state index contributed by atoms with van der Waals surface area (Å²) in [7, 11) is -3.78. The number of nitrogens with zero attached hydrogens (tertiary/aromatic N) is 1. The Hall–Kier alpha value is -1.51. The van der Waals surface area contributed by atoms with Gasteiger partial charge in [0.15, 0.2) is 5.84 Å². The zero-order chi connectivity index (χ0) is 15.7. The van der Waals surface area contributed by atoms with Gasteiger partial charge in [0.25, 0.3) is 0 Å². The molecule has 2 rings (SSSR count). The van der Waals surface area contributed by atoms with Crippen molar-refractivity contribution in [3.8, 4) is 5.75 Å². The Morgan fingerprint density at radius 3 is 2.55 bits per heavy atom. The molecule has 0 fully saturated rings. The maximum Gasteiger partial charge on any atom is 0.344 e. The van der Waals surface area contributed by atoms with Crippen LogP contribution in [0.3, 0.4) is 0 Å². The number of amidine groups is 1. The topological polar surface area (TPSA) is 120 Å². The van der Waals surface area contributed by atoms with Crippen molar-refractivity contribution in [2.24, 2.45) is 15.9 Å². The van der Waals surface area contributed by atoms with Crippen molar-refractivity contribution < 1.29 is 13.2 Å². The lowest BCUT2D eigenvalue weighted by Crippen LogP contribution is -2.44. The predicted octanol–water partition coefficient (Wildman–Crippen LogP) is 1.38. The van der Waals surface area contributed by atoms with Crippen LogP contribution in [0, 0.1) is 0 Å². The van der Waals surface area contributed by atoms with Gasteiger partial charge in [-0.3, -0.25) is 4.72 Å². The molecule has 1 aromatic carbocycles. The van der Waals surface area contributed by atoms with Gasteiger partial charge in [0.1, 0.15) is 12.4 Å². The third-order valence-corrected chi connectivity index (χ3v) is 4.58. The van der Waals surface area contributed by atoms with Gasteiger partial charge in [0.05, 0.1) is 11.3 Å². The number of nitrogens with one attached hydrogen (secondary N) is 1. The van der Waals surface area contributed by atoms with Gasteiger partial charge in [0, 0.05) is 5.54 Å². The maximum atomic E-state index is 11.5. The lowest BCUT2D eigenvalue weighted by molar-refractivity contribution is 0.207. The van der Waals surface area contributed by atoms with Crippen LogP contribution in [0.2, 0.25) is 0 Å². The van der Waals surface area contributed by atoms with Gasteiger partial charge in [-0.1, -0.05) is 19.9 Å². The van der Waals surface area contributed by atoms with Crippen LogP contribution in [0.25, 0.3) is 0 Å². The van der Waals surface area contributed by atoms with E-state index in [2.05, 4.69) is 9.12 Å². The number of ether oxygens (including phenoxy) is 1. The number of halogens is 1. The Morgan fingerprint density at radius 1 is 1.32 bits per heavy atom. The van der Waals surface area contributed by atoms with Crippen molar-refractivity contribution in [2.75, 3.05) is 11.3 Å². The quantitative estimate of drug-likeness (QED) is 0.742. The summed E-state index contributed by atoms with van der Waals surface area (Å²) in [6.07, 6.45) is 1.55. The van der Waals surface area contributed by atoms with Crippen LogP contribution in [0.4, 0.5) is 5.69 Å². The molecular formula is C13H21ClN4O3S. The van der Waals surface area contributed by atoms with E-state index < -0.39 is 15.7 Å². The Labute approximate surface area is 136 Å². The van der Waals surface area contributed by atoms with Crippen LogP contribution in [0.5, 0.6) is 5.75 Å². The normalized spacial score (nSPS) is 15.9. The van der Waals surface area contributed by atoms with E-state index in [9.17, 15) is 8.42 Å². The minimum Gasteiger partial charge on any atom is -0.491 e. The van der Waals surface area contributed by atoms with E-state index in [1.165, 1.54) is 0 Å². The fourth-order valence-corrected chi connectivity index (χ4v) is 2.86. The lowest BCUT2D eigenvalue weighted by Gasteiger charge is -2.27. The van der Waals surface area contributed by atoms with Crippen LogP contribution in [-0.4, -0.2) is 26.4 Å². The molecule has 0 atom stereocenters. The molecule has 1 aromatic rings. The number of fused-ring (bicyclic) bond motifs is 1. The predicted molar refractivity (Wildman–Crippen MR) is 90.0 cm³/mol. The highest BCUT2D eigenvalue weighted by molar-refractivity contribution is 7.91. The minimum absolute atomic E-state index is 0. The van der Waals surface area contributed by atoms with Crippen molar-refractivity contribution in [1.29, 1.82) is 0 Å².